The second-order valence-electron chi connectivity index (χ2n) is 10.6. The fourth-order valence-electron chi connectivity index (χ4n) is 6.93. The highest BCUT2D eigenvalue weighted by atomic mass is 16.5. The Hall–Kier alpha value is -2.33. The van der Waals surface area contributed by atoms with E-state index < -0.39 is 0 Å². The summed E-state index contributed by atoms with van der Waals surface area (Å²) in [6.45, 7) is 7.95. The molecule has 1 amide bonds. The largest absolute Gasteiger partial charge is 0.496 e. The first-order valence-corrected chi connectivity index (χ1v) is 13.4. The number of carbonyl (C=O) groups excluding carboxylic acids is 1. The fraction of sp³-hybridized carbons (Fsp3) is 0.567. The minimum Gasteiger partial charge on any atom is -0.496 e. The first-order valence-electron chi connectivity index (χ1n) is 13.4. The lowest BCUT2D eigenvalue weighted by atomic mass is 9.85. The van der Waals surface area contributed by atoms with Crippen molar-refractivity contribution in [1.29, 1.82) is 0 Å². The van der Waals surface area contributed by atoms with Crippen LogP contribution in [0.5, 0.6) is 5.75 Å². The van der Waals surface area contributed by atoms with Crippen LogP contribution in [-0.2, 0) is 0 Å². The number of nitrogens with zero attached hydrogens (tertiary/aromatic N) is 2. The maximum absolute atomic E-state index is 12.7. The second-order valence-corrected chi connectivity index (χ2v) is 10.6. The van der Waals surface area contributed by atoms with Crippen molar-refractivity contribution >= 4 is 5.91 Å². The molecule has 4 nitrogen and oxygen atoms in total. The van der Waals surface area contributed by atoms with Gasteiger partial charge in [-0.05, 0) is 118 Å². The summed E-state index contributed by atoms with van der Waals surface area (Å²) in [7, 11) is 1.79. The molecule has 2 aromatic rings. The minimum atomic E-state index is 0.106. The summed E-state index contributed by atoms with van der Waals surface area (Å²) in [5.74, 6) is 3.65. The molecule has 2 bridgehead atoms. The maximum atomic E-state index is 12.7. The number of methoxy groups -OCH3 is 1. The fourth-order valence-corrected chi connectivity index (χ4v) is 6.93. The third kappa shape index (κ3) is 4.49. The molecule has 5 rings (SSSR count). The van der Waals surface area contributed by atoms with Gasteiger partial charge in [0.05, 0.1) is 7.11 Å². The molecule has 1 aliphatic heterocycles. The normalized spacial score (nSPS) is 25.0. The van der Waals surface area contributed by atoms with Crippen molar-refractivity contribution in [2.45, 2.75) is 64.3 Å². The monoisotopic (exact) mass is 460 g/mol. The van der Waals surface area contributed by atoms with Crippen LogP contribution in [0.25, 0.3) is 11.1 Å². The molecule has 3 fully saturated rings. The van der Waals surface area contributed by atoms with Crippen molar-refractivity contribution in [2.75, 3.05) is 33.3 Å². The Balaban J connectivity index is 1.30. The van der Waals surface area contributed by atoms with Gasteiger partial charge in [-0.2, -0.15) is 0 Å². The van der Waals surface area contributed by atoms with E-state index >= 15 is 0 Å². The van der Waals surface area contributed by atoms with Crippen LogP contribution in [0.1, 0.15) is 74.2 Å². The predicted octanol–water partition coefficient (Wildman–Crippen LogP) is 6.21. The summed E-state index contributed by atoms with van der Waals surface area (Å²) in [5, 5.41) is 0. The highest BCUT2D eigenvalue weighted by Gasteiger charge is 2.43. The molecule has 2 aliphatic carbocycles. The molecule has 0 spiro atoms. The predicted molar refractivity (Wildman–Crippen MR) is 138 cm³/mol. The topological polar surface area (TPSA) is 32.8 Å². The van der Waals surface area contributed by atoms with Crippen molar-refractivity contribution in [2.24, 2.45) is 11.8 Å². The average molecular weight is 461 g/mol. The van der Waals surface area contributed by atoms with Crippen molar-refractivity contribution in [3.05, 3.63) is 53.6 Å². The van der Waals surface area contributed by atoms with E-state index in [0.29, 0.717) is 5.92 Å². The number of carbonyl (C=O) groups is 1. The van der Waals surface area contributed by atoms with Gasteiger partial charge in [-0.3, -0.25) is 4.79 Å². The minimum absolute atomic E-state index is 0.106. The highest BCUT2D eigenvalue weighted by Crippen LogP contribution is 2.48. The number of benzene rings is 2. The molecule has 182 valence electrons. The van der Waals surface area contributed by atoms with Gasteiger partial charge < -0.3 is 14.5 Å². The van der Waals surface area contributed by atoms with E-state index in [0.717, 1.165) is 47.8 Å². The molecule has 1 heterocycles. The number of ether oxygens (including phenoxy) is 1. The Morgan fingerprint density at radius 2 is 1.65 bits per heavy atom. The zero-order valence-corrected chi connectivity index (χ0v) is 21.1. The van der Waals surface area contributed by atoms with Gasteiger partial charge in [0, 0.05) is 24.7 Å². The number of rotatable bonds is 7. The molecule has 3 atom stereocenters. The number of hydrogen-bond acceptors (Lipinski definition) is 3. The number of amides is 1. The Kier molecular flexibility index (Phi) is 6.96. The highest BCUT2D eigenvalue weighted by molar-refractivity contribution is 5.94. The Morgan fingerprint density at radius 1 is 0.941 bits per heavy atom. The van der Waals surface area contributed by atoms with Gasteiger partial charge in [-0.15, -0.1) is 0 Å². The van der Waals surface area contributed by atoms with E-state index in [1.165, 1.54) is 62.7 Å². The zero-order valence-electron chi connectivity index (χ0n) is 21.1. The van der Waals surface area contributed by atoms with Crippen molar-refractivity contribution in [3.63, 3.8) is 0 Å². The Bertz CT molecular complexity index is 989. The smallest absolute Gasteiger partial charge is 0.253 e. The lowest BCUT2D eigenvalue weighted by molar-refractivity contribution is 0.0773. The van der Waals surface area contributed by atoms with Gasteiger partial charge in [-0.25, -0.2) is 0 Å². The third-order valence-corrected chi connectivity index (χ3v) is 8.88. The molecule has 34 heavy (non-hydrogen) atoms. The van der Waals surface area contributed by atoms with Crippen LogP contribution in [0.4, 0.5) is 0 Å². The Morgan fingerprint density at radius 3 is 2.24 bits per heavy atom. The van der Waals surface area contributed by atoms with E-state index in [2.05, 4.69) is 35.2 Å². The van der Waals surface area contributed by atoms with E-state index in [1.807, 2.05) is 30.9 Å². The molecule has 0 unspecified atom stereocenters. The van der Waals surface area contributed by atoms with Crippen LogP contribution in [-0.4, -0.2) is 55.0 Å². The molecular weight excluding hydrogens is 420 g/mol. The molecule has 1 saturated heterocycles. The number of likely N-dealkylation sites (tertiary alicyclic amines) is 1. The summed E-state index contributed by atoms with van der Waals surface area (Å²) in [6.07, 6.45) is 8.30. The molecule has 2 saturated carbocycles. The SMILES string of the molecule is CCN(CC)C(=O)c1ccc(-c2ccc(OC)c(C3CCN([C@H]4C[C@H]5CC[C@H]4C5)CC3)c2)cc1. The lowest BCUT2D eigenvalue weighted by Crippen LogP contribution is -2.43. The molecule has 2 aromatic carbocycles. The summed E-state index contributed by atoms with van der Waals surface area (Å²) < 4.78 is 5.79. The van der Waals surface area contributed by atoms with Gasteiger partial charge in [0.2, 0.25) is 0 Å². The third-order valence-electron chi connectivity index (χ3n) is 8.88. The standard InChI is InChI=1S/C30H40N2O2/c1-4-31(5-2)30(33)24-10-8-22(9-11-24)25-12-13-29(34-3)27(20-25)23-14-16-32(17-15-23)28-19-21-6-7-26(28)18-21/h8-13,20-21,23,26,28H,4-7,14-19H2,1-3H3/t21-,26-,28-/m0/s1. The van der Waals surface area contributed by atoms with Crippen LogP contribution in [0, 0.1) is 11.8 Å². The van der Waals surface area contributed by atoms with Gasteiger partial charge in [-0.1, -0.05) is 24.6 Å². The summed E-state index contributed by atoms with van der Waals surface area (Å²) in [6, 6.07) is 15.6. The molecule has 4 heteroatoms. The number of fused-ring (bicyclic) bond motifs is 2. The molecule has 3 aliphatic rings. The van der Waals surface area contributed by atoms with Crippen LogP contribution in [0.3, 0.4) is 0 Å². The molecule has 0 radical (unpaired) electrons. The lowest BCUT2D eigenvalue weighted by Gasteiger charge is -2.40. The van der Waals surface area contributed by atoms with Gasteiger partial charge in [0.15, 0.2) is 0 Å². The van der Waals surface area contributed by atoms with Crippen LogP contribution in [0.2, 0.25) is 0 Å². The summed E-state index contributed by atoms with van der Waals surface area (Å²) in [5.41, 5.74) is 4.46. The number of hydrogen-bond donors (Lipinski definition) is 0. The summed E-state index contributed by atoms with van der Waals surface area (Å²) >= 11 is 0. The molecular formula is C30H40N2O2. The quantitative estimate of drug-likeness (QED) is 0.492. The maximum Gasteiger partial charge on any atom is 0.253 e. The van der Waals surface area contributed by atoms with Crippen molar-refractivity contribution in [3.8, 4) is 16.9 Å². The first kappa shape index (κ1) is 23.4. The van der Waals surface area contributed by atoms with Crippen LogP contribution >= 0.6 is 0 Å². The number of piperidine rings is 1. The summed E-state index contributed by atoms with van der Waals surface area (Å²) in [4.78, 5) is 17.3. The Labute approximate surface area is 205 Å². The zero-order chi connectivity index (χ0) is 23.7. The molecule has 0 N–H and O–H groups in total. The van der Waals surface area contributed by atoms with Gasteiger partial charge in [0.25, 0.3) is 5.91 Å². The first-order chi connectivity index (χ1) is 16.6. The second kappa shape index (κ2) is 10.1. The van der Waals surface area contributed by atoms with Crippen molar-refractivity contribution < 1.29 is 9.53 Å². The van der Waals surface area contributed by atoms with E-state index in [4.69, 9.17) is 4.74 Å². The van der Waals surface area contributed by atoms with E-state index in [9.17, 15) is 4.79 Å². The average Bonchev–Trinajstić information content (AvgIpc) is 3.53. The van der Waals surface area contributed by atoms with Crippen LogP contribution < -0.4 is 4.74 Å². The van der Waals surface area contributed by atoms with Crippen LogP contribution in [0.15, 0.2) is 42.5 Å². The van der Waals surface area contributed by atoms with E-state index in [1.54, 1.807) is 7.11 Å². The van der Waals surface area contributed by atoms with Crippen molar-refractivity contribution in [1.82, 2.24) is 9.80 Å². The molecule has 0 aromatic heterocycles. The van der Waals surface area contributed by atoms with E-state index in [-0.39, 0.29) is 5.91 Å². The van der Waals surface area contributed by atoms with Gasteiger partial charge in [0.1, 0.15) is 5.75 Å². The van der Waals surface area contributed by atoms with Gasteiger partial charge >= 0.3 is 0 Å².